The normalized spacial score (nSPS) is 12.1. The minimum absolute atomic E-state index is 0.0687. The first-order valence-corrected chi connectivity index (χ1v) is 8.00. The lowest BCUT2D eigenvalue weighted by atomic mass is 10.4. The zero-order chi connectivity index (χ0) is 13.9. The summed E-state index contributed by atoms with van der Waals surface area (Å²) in [6, 6.07) is 3.71. The molecule has 0 unspecified atom stereocenters. The second kappa shape index (κ2) is 5.66. The van der Waals surface area contributed by atoms with Gasteiger partial charge in [-0.25, -0.2) is 23.1 Å². The average molecular weight is 282 g/mol. The molecule has 2 aromatic rings. The number of aromatic nitrogens is 3. The first kappa shape index (κ1) is 14.0. The van der Waals surface area contributed by atoms with E-state index in [2.05, 4.69) is 21.6 Å². The van der Waals surface area contributed by atoms with Gasteiger partial charge in [-0.05, 0) is 25.5 Å². The van der Waals surface area contributed by atoms with Crippen LogP contribution >= 0.6 is 0 Å². The third kappa shape index (κ3) is 3.10. The zero-order valence-electron chi connectivity index (χ0n) is 11.1. The fourth-order valence-corrected chi connectivity index (χ4v) is 2.43. The zero-order valence-corrected chi connectivity index (χ0v) is 11.9. The van der Waals surface area contributed by atoms with Gasteiger partial charge in [0.25, 0.3) is 0 Å². The molecule has 0 bridgehead atoms. The highest BCUT2D eigenvalue weighted by Crippen LogP contribution is 2.14. The second-order valence-corrected chi connectivity index (χ2v) is 6.35. The molecule has 2 heterocycles. The number of rotatable bonds is 6. The molecule has 0 fully saturated rings. The standard InChI is InChI=1S/C12H18N4O2S/c1-3-8-16-11(9-14-19(17,18)4-2)15-10-6-5-7-13-12(10)16/h5-7,14H,3-4,8-9H2,1-2H3. The molecule has 0 amide bonds. The summed E-state index contributed by atoms with van der Waals surface area (Å²) >= 11 is 0. The van der Waals surface area contributed by atoms with Gasteiger partial charge in [0.1, 0.15) is 11.3 Å². The Balaban J connectivity index is 2.34. The summed E-state index contributed by atoms with van der Waals surface area (Å²) in [4.78, 5) is 8.75. The minimum atomic E-state index is -3.21. The van der Waals surface area contributed by atoms with Crippen molar-refractivity contribution in [3.63, 3.8) is 0 Å². The summed E-state index contributed by atoms with van der Waals surface area (Å²) in [5, 5.41) is 0. The molecular formula is C12H18N4O2S. The number of aryl methyl sites for hydroxylation is 1. The third-order valence-corrected chi connectivity index (χ3v) is 4.20. The van der Waals surface area contributed by atoms with Crippen molar-refractivity contribution in [2.75, 3.05) is 5.75 Å². The summed E-state index contributed by atoms with van der Waals surface area (Å²) in [6.45, 7) is 4.65. The fraction of sp³-hybridized carbons (Fsp3) is 0.500. The maximum absolute atomic E-state index is 11.5. The molecule has 0 spiro atoms. The molecular weight excluding hydrogens is 264 g/mol. The Morgan fingerprint density at radius 3 is 2.84 bits per heavy atom. The van der Waals surface area contributed by atoms with Gasteiger partial charge in [-0.2, -0.15) is 0 Å². The number of nitrogens with one attached hydrogen (secondary N) is 1. The van der Waals surface area contributed by atoms with Gasteiger partial charge in [0.15, 0.2) is 5.65 Å². The van der Waals surface area contributed by atoms with E-state index in [0.717, 1.165) is 24.1 Å². The molecule has 0 aliphatic rings. The Morgan fingerprint density at radius 1 is 1.37 bits per heavy atom. The van der Waals surface area contributed by atoms with E-state index in [1.807, 2.05) is 16.7 Å². The summed E-state index contributed by atoms with van der Waals surface area (Å²) in [5.41, 5.74) is 1.59. The van der Waals surface area contributed by atoms with Crippen LogP contribution in [0.1, 0.15) is 26.1 Å². The van der Waals surface area contributed by atoms with Crippen molar-refractivity contribution >= 4 is 21.2 Å². The van der Waals surface area contributed by atoms with Gasteiger partial charge >= 0.3 is 0 Å². The highest BCUT2D eigenvalue weighted by Gasteiger charge is 2.13. The SMILES string of the molecule is CCCn1c(CNS(=O)(=O)CC)nc2cccnc21. The third-order valence-electron chi connectivity index (χ3n) is 2.86. The van der Waals surface area contributed by atoms with Crippen molar-refractivity contribution in [2.24, 2.45) is 0 Å². The summed E-state index contributed by atoms with van der Waals surface area (Å²) < 4.78 is 27.5. The van der Waals surface area contributed by atoms with E-state index in [1.165, 1.54) is 0 Å². The first-order valence-electron chi connectivity index (χ1n) is 6.35. The Kier molecular flexibility index (Phi) is 4.16. The van der Waals surface area contributed by atoms with Crippen LogP contribution in [0.5, 0.6) is 0 Å². The maximum Gasteiger partial charge on any atom is 0.211 e. The fourth-order valence-electron chi connectivity index (χ4n) is 1.88. The maximum atomic E-state index is 11.5. The molecule has 19 heavy (non-hydrogen) atoms. The molecule has 2 aromatic heterocycles. The van der Waals surface area contributed by atoms with Gasteiger partial charge in [0.05, 0.1) is 12.3 Å². The lowest BCUT2D eigenvalue weighted by Crippen LogP contribution is -2.26. The monoisotopic (exact) mass is 282 g/mol. The number of fused-ring (bicyclic) bond motifs is 1. The summed E-state index contributed by atoms with van der Waals surface area (Å²) in [7, 11) is -3.21. The van der Waals surface area contributed by atoms with Crippen LogP contribution in [0.3, 0.4) is 0 Å². The van der Waals surface area contributed by atoms with Crippen LogP contribution < -0.4 is 4.72 Å². The number of nitrogens with zero attached hydrogens (tertiary/aromatic N) is 3. The summed E-state index contributed by atoms with van der Waals surface area (Å²) in [6.07, 6.45) is 2.66. The molecule has 7 heteroatoms. The van der Waals surface area contributed by atoms with Crippen molar-refractivity contribution in [3.8, 4) is 0 Å². The van der Waals surface area contributed by atoms with Gasteiger partial charge in [-0.15, -0.1) is 0 Å². The topological polar surface area (TPSA) is 76.9 Å². The van der Waals surface area contributed by atoms with Crippen molar-refractivity contribution < 1.29 is 8.42 Å². The molecule has 0 aliphatic heterocycles. The first-order chi connectivity index (χ1) is 9.07. The molecule has 0 saturated carbocycles. The Hall–Kier alpha value is -1.47. The largest absolute Gasteiger partial charge is 0.312 e. The molecule has 1 N–H and O–H groups in total. The molecule has 2 rings (SSSR count). The van der Waals surface area contributed by atoms with Gasteiger partial charge < -0.3 is 4.57 Å². The van der Waals surface area contributed by atoms with Crippen LogP contribution in [0.25, 0.3) is 11.2 Å². The molecule has 0 atom stereocenters. The number of hydrogen-bond donors (Lipinski definition) is 1. The van der Waals surface area contributed by atoms with Crippen molar-refractivity contribution in [3.05, 3.63) is 24.2 Å². The van der Waals surface area contributed by atoms with Crippen LogP contribution in [-0.4, -0.2) is 28.7 Å². The van der Waals surface area contributed by atoms with E-state index < -0.39 is 10.0 Å². The molecule has 0 saturated heterocycles. The van der Waals surface area contributed by atoms with Crippen LogP contribution in [0.2, 0.25) is 0 Å². The van der Waals surface area contributed by atoms with E-state index in [0.29, 0.717) is 5.82 Å². The molecule has 104 valence electrons. The molecule has 6 nitrogen and oxygen atoms in total. The Morgan fingerprint density at radius 2 is 2.16 bits per heavy atom. The minimum Gasteiger partial charge on any atom is -0.312 e. The van der Waals surface area contributed by atoms with Crippen LogP contribution in [0, 0.1) is 0 Å². The number of sulfonamides is 1. The van der Waals surface area contributed by atoms with E-state index in [4.69, 9.17) is 0 Å². The number of imidazole rings is 1. The lowest BCUT2D eigenvalue weighted by Gasteiger charge is -2.08. The highest BCUT2D eigenvalue weighted by molar-refractivity contribution is 7.89. The van der Waals surface area contributed by atoms with E-state index in [1.54, 1.807) is 13.1 Å². The van der Waals surface area contributed by atoms with E-state index in [-0.39, 0.29) is 12.3 Å². The Labute approximate surface area is 112 Å². The van der Waals surface area contributed by atoms with E-state index >= 15 is 0 Å². The predicted molar refractivity (Wildman–Crippen MR) is 74.1 cm³/mol. The molecule has 0 aromatic carbocycles. The average Bonchev–Trinajstić information content (AvgIpc) is 2.76. The lowest BCUT2D eigenvalue weighted by molar-refractivity contribution is 0.574. The van der Waals surface area contributed by atoms with Gasteiger partial charge in [0.2, 0.25) is 10.0 Å². The molecule has 0 radical (unpaired) electrons. The van der Waals surface area contributed by atoms with E-state index in [9.17, 15) is 8.42 Å². The highest BCUT2D eigenvalue weighted by atomic mass is 32.2. The van der Waals surface area contributed by atoms with Crippen molar-refractivity contribution in [2.45, 2.75) is 33.4 Å². The van der Waals surface area contributed by atoms with Crippen LogP contribution in [0.4, 0.5) is 0 Å². The van der Waals surface area contributed by atoms with Crippen molar-refractivity contribution in [1.82, 2.24) is 19.3 Å². The van der Waals surface area contributed by atoms with Gasteiger partial charge in [-0.3, -0.25) is 0 Å². The van der Waals surface area contributed by atoms with Crippen molar-refractivity contribution in [1.29, 1.82) is 0 Å². The van der Waals surface area contributed by atoms with Gasteiger partial charge in [-0.1, -0.05) is 6.92 Å². The summed E-state index contributed by atoms with van der Waals surface area (Å²) in [5.74, 6) is 0.770. The van der Waals surface area contributed by atoms with Gasteiger partial charge in [0, 0.05) is 12.7 Å². The number of hydrogen-bond acceptors (Lipinski definition) is 4. The van der Waals surface area contributed by atoms with Crippen LogP contribution in [-0.2, 0) is 23.1 Å². The number of pyridine rings is 1. The van der Waals surface area contributed by atoms with Crippen LogP contribution in [0.15, 0.2) is 18.3 Å². The Bertz CT molecular complexity index is 663. The smallest absolute Gasteiger partial charge is 0.211 e. The predicted octanol–water partition coefficient (Wildman–Crippen LogP) is 1.28. The quantitative estimate of drug-likeness (QED) is 0.866. The molecule has 0 aliphatic carbocycles. The second-order valence-electron chi connectivity index (χ2n) is 4.25.